The van der Waals surface area contributed by atoms with Crippen LogP contribution in [0.25, 0.3) is 0 Å². The largest absolute Gasteiger partial charge is 0.285 e. The van der Waals surface area contributed by atoms with Crippen molar-refractivity contribution in [2.24, 2.45) is 4.99 Å². The summed E-state index contributed by atoms with van der Waals surface area (Å²) < 4.78 is 0. The lowest BCUT2D eigenvalue weighted by atomic mass is 10.8. The summed E-state index contributed by atoms with van der Waals surface area (Å²) >= 11 is 9.91. The number of hydrogen-bond donors (Lipinski definition) is 0. The lowest BCUT2D eigenvalue weighted by molar-refractivity contribution is 1.18. The SMILES string of the molecule is S=S1(=S)C=NCC1. The number of hydrogen-bond acceptors (Lipinski definition) is 3. The van der Waals surface area contributed by atoms with E-state index in [0.717, 1.165) is 12.3 Å². The summed E-state index contributed by atoms with van der Waals surface area (Å²) in [6.07, 6.45) is 0. The molecule has 0 bridgehead atoms. The molecule has 0 aromatic carbocycles. The Bertz CT molecular complexity index is 176. The Kier molecular flexibility index (Phi) is 1.41. The maximum absolute atomic E-state index is 4.96. The minimum atomic E-state index is -1.17. The number of aliphatic imine (C=N–C) groups is 1. The fourth-order valence-electron chi connectivity index (χ4n) is 0.399. The van der Waals surface area contributed by atoms with Gasteiger partial charge in [0.2, 0.25) is 0 Å². The highest BCUT2D eigenvalue weighted by Crippen LogP contribution is 1.94. The zero-order valence-corrected chi connectivity index (χ0v) is 6.11. The van der Waals surface area contributed by atoms with Gasteiger partial charge in [-0.2, -0.15) is 0 Å². The smallest absolute Gasteiger partial charge is 0.0624 e. The van der Waals surface area contributed by atoms with E-state index in [0.29, 0.717) is 0 Å². The molecule has 1 nitrogen and oxygen atoms in total. The van der Waals surface area contributed by atoms with E-state index >= 15 is 0 Å². The predicted molar refractivity (Wildman–Crippen MR) is 40.3 cm³/mol. The molecule has 0 aromatic heterocycles. The molecule has 0 aliphatic carbocycles. The summed E-state index contributed by atoms with van der Waals surface area (Å²) in [5.74, 6) is 0.942. The van der Waals surface area contributed by atoms with Crippen molar-refractivity contribution in [2.45, 2.75) is 0 Å². The average molecular weight is 151 g/mol. The van der Waals surface area contributed by atoms with Gasteiger partial charge in [0, 0.05) is 12.3 Å². The topological polar surface area (TPSA) is 12.4 Å². The lowest BCUT2D eigenvalue weighted by Gasteiger charge is -1.86. The molecule has 0 unspecified atom stereocenters. The van der Waals surface area contributed by atoms with E-state index in [1.807, 2.05) is 0 Å². The van der Waals surface area contributed by atoms with Crippen molar-refractivity contribution < 1.29 is 0 Å². The van der Waals surface area contributed by atoms with Gasteiger partial charge in [-0.3, -0.25) is 4.99 Å². The Labute approximate surface area is 52.6 Å². The van der Waals surface area contributed by atoms with Crippen molar-refractivity contribution >= 4 is 35.1 Å². The Balaban J connectivity index is 2.99. The summed E-state index contributed by atoms with van der Waals surface area (Å²) in [6.45, 7) is 0.863. The Morgan fingerprint density at radius 1 is 1.57 bits per heavy atom. The van der Waals surface area contributed by atoms with E-state index in [-0.39, 0.29) is 0 Å². The highest BCUT2D eigenvalue weighted by molar-refractivity contribution is 8.62. The van der Waals surface area contributed by atoms with Crippen molar-refractivity contribution in [1.82, 2.24) is 0 Å². The molecule has 0 fully saturated rings. The normalized spacial score (nSPS) is 25.7. The van der Waals surface area contributed by atoms with Gasteiger partial charge in [0.25, 0.3) is 0 Å². The fraction of sp³-hybridized carbons (Fsp3) is 0.667. The van der Waals surface area contributed by atoms with Crippen LogP contribution in [0.1, 0.15) is 0 Å². The van der Waals surface area contributed by atoms with E-state index in [1.165, 1.54) is 0 Å². The summed E-state index contributed by atoms with van der Waals surface area (Å²) in [4.78, 5) is 3.94. The molecule has 0 aromatic rings. The molecule has 0 saturated carbocycles. The van der Waals surface area contributed by atoms with Gasteiger partial charge >= 0.3 is 0 Å². The Morgan fingerprint density at radius 3 is 2.43 bits per heavy atom. The van der Waals surface area contributed by atoms with Gasteiger partial charge in [-0.1, -0.05) is 7.15 Å². The molecule has 1 rings (SSSR count). The third kappa shape index (κ3) is 1.44. The van der Waals surface area contributed by atoms with Crippen LogP contribution in [-0.4, -0.2) is 17.8 Å². The molecule has 1 heterocycles. The van der Waals surface area contributed by atoms with Crippen molar-refractivity contribution in [3.63, 3.8) is 0 Å². The zero-order chi connectivity index (χ0) is 5.33. The van der Waals surface area contributed by atoms with Gasteiger partial charge in [0.15, 0.2) is 0 Å². The molecule has 0 saturated heterocycles. The van der Waals surface area contributed by atoms with E-state index in [2.05, 4.69) is 4.99 Å². The molecule has 0 N–H and O–H groups in total. The molecular formula is C3H5NS3. The number of nitrogens with zero attached hydrogens (tertiary/aromatic N) is 1. The zero-order valence-electron chi connectivity index (χ0n) is 3.66. The van der Waals surface area contributed by atoms with Gasteiger partial charge in [0.05, 0.1) is 5.55 Å². The maximum Gasteiger partial charge on any atom is 0.0624 e. The highest BCUT2D eigenvalue weighted by Gasteiger charge is 2.01. The van der Waals surface area contributed by atoms with E-state index in [1.54, 1.807) is 5.55 Å². The molecule has 40 valence electrons. The first kappa shape index (κ1) is 5.59. The molecule has 0 atom stereocenters. The third-order valence-electron chi connectivity index (χ3n) is 0.740. The third-order valence-corrected chi connectivity index (χ3v) is 3.48. The minimum absolute atomic E-state index is 0.863. The molecular weight excluding hydrogens is 146 g/mol. The average Bonchev–Trinajstić information content (AvgIpc) is 1.84. The van der Waals surface area contributed by atoms with E-state index in [9.17, 15) is 0 Å². The first-order valence-electron chi connectivity index (χ1n) is 1.93. The van der Waals surface area contributed by atoms with Gasteiger partial charge in [0.1, 0.15) is 0 Å². The van der Waals surface area contributed by atoms with Crippen molar-refractivity contribution in [2.75, 3.05) is 12.3 Å². The molecule has 7 heavy (non-hydrogen) atoms. The van der Waals surface area contributed by atoms with Crippen LogP contribution in [0.15, 0.2) is 4.99 Å². The van der Waals surface area contributed by atoms with Crippen LogP contribution in [0.3, 0.4) is 0 Å². The van der Waals surface area contributed by atoms with Crippen LogP contribution in [0.5, 0.6) is 0 Å². The van der Waals surface area contributed by atoms with E-state index in [4.69, 9.17) is 22.4 Å². The first-order valence-corrected chi connectivity index (χ1v) is 5.65. The van der Waals surface area contributed by atoms with Gasteiger partial charge in [-0.25, -0.2) is 0 Å². The molecule has 1 aliphatic rings. The molecule has 0 spiro atoms. The van der Waals surface area contributed by atoms with Crippen LogP contribution in [0.4, 0.5) is 0 Å². The summed E-state index contributed by atoms with van der Waals surface area (Å²) in [7, 11) is -1.17. The van der Waals surface area contributed by atoms with Crippen molar-refractivity contribution in [1.29, 1.82) is 0 Å². The van der Waals surface area contributed by atoms with Crippen LogP contribution in [0, 0.1) is 0 Å². The second-order valence-electron chi connectivity index (χ2n) is 1.38. The van der Waals surface area contributed by atoms with Gasteiger partial charge in [-0.05, 0) is 22.4 Å². The minimum Gasteiger partial charge on any atom is -0.285 e. The second kappa shape index (κ2) is 1.76. The van der Waals surface area contributed by atoms with Crippen LogP contribution in [-0.2, 0) is 29.5 Å². The highest BCUT2D eigenvalue weighted by atomic mass is 33.1. The monoisotopic (exact) mass is 151 g/mol. The van der Waals surface area contributed by atoms with Crippen LogP contribution >= 0.6 is 0 Å². The molecule has 0 radical (unpaired) electrons. The fourth-order valence-corrected chi connectivity index (χ4v) is 2.01. The van der Waals surface area contributed by atoms with E-state index < -0.39 is 7.15 Å². The summed E-state index contributed by atoms with van der Waals surface area (Å²) in [5.41, 5.74) is 1.76. The maximum atomic E-state index is 4.96. The standard InChI is InChI=1S/C3H5NS3/c5-7(6)2-1-4-3-7/h3H,1-2H2. The lowest BCUT2D eigenvalue weighted by Crippen LogP contribution is -1.96. The molecule has 4 heteroatoms. The predicted octanol–water partition coefficient (Wildman–Crippen LogP) is 0.106. The summed E-state index contributed by atoms with van der Waals surface area (Å²) in [6, 6.07) is 0. The van der Waals surface area contributed by atoms with Crippen molar-refractivity contribution in [3.8, 4) is 0 Å². The molecule has 0 amide bonds. The summed E-state index contributed by atoms with van der Waals surface area (Å²) in [5, 5.41) is 0. The van der Waals surface area contributed by atoms with Gasteiger partial charge < -0.3 is 0 Å². The Hall–Kier alpha value is 0.460. The first-order chi connectivity index (χ1) is 3.21. The quantitative estimate of drug-likeness (QED) is 0.487. The van der Waals surface area contributed by atoms with Crippen LogP contribution < -0.4 is 0 Å². The number of rotatable bonds is 0. The molecule has 1 aliphatic heterocycles. The van der Waals surface area contributed by atoms with Gasteiger partial charge in [-0.15, -0.1) is 0 Å². The Morgan fingerprint density at radius 2 is 2.29 bits per heavy atom. The van der Waals surface area contributed by atoms with Crippen molar-refractivity contribution in [3.05, 3.63) is 0 Å². The second-order valence-corrected chi connectivity index (χ2v) is 7.53. The van der Waals surface area contributed by atoms with Crippen LogP contribution in [0.2, 0.25) is 0 Å².